The normalized spacial score (nSPS) is 12.1. The van der Waals surface area contributed by atoms with E-state index in [1.807, 2.05) is 31.2 Å². The molecule has 1 unspecified atom stereocenters. The third-order valence-electron chi connectivity index (χ3n) is 2.89. The Kier molecular flexibility index (Phi) is 3.82. The van der Waals surface area contributed by atoms with Crippen LogP contribution in [0.3, 0.4) is 0 Å². The number of carbonyl (C=O) groups is 1. The molecule has 0 saturated heterocycles. The molecule has 0 aliphatic rings. The molecular weight excluding hydrogens is 226 g/mol. The summed E-state index contributed by atoms with van der Waals surface area (Å²) >= 11 is 0. The Bertz CT molecular complexity index is 546. The van der Waals surface area contributed by atoms with Gasteiger partial charge in [-0.05, 0) is 18.4 Å². The molecule has 0 aromatic heterocycles. The van der Waals surface area contributed by atoms with Crippen molar-refractivity contribution in [2.45, 2.75) is 19.4 Å². The predicted molar refractivity (Wildman–Crippen MR) is 73.7 cm³/mol. The molecule has 0 aliphatic heterocycles. The van der Waals surface area contributed by atoms with Crippen molar-refractivity contribution in [2.75, 3.05) is 12.4 Å². The zero-order valence-electron chi connectivity index (χ0n) is 10.6. The molecule has 2 rings (SSSR count). The Balaban J connectivity index is 2.19. The molecule has 0 aliphatic carbocycles. The van der Waals surface area contributed by atoms with Crippen molar-refractivity contribution < 1.29 is 9.53 Å². The number of fused-ring (bicyclic) bond motifs is 1. The third-order valence-corrected chi connectivity index (χ3v) is 2.89. The van der Waals surface area contributed by atoms with Crippen molar-refractivity contribution >= 4 is 22.4 Å². The maximum atomic E-state index is 11.2. The van der Waals surface area contributed by atoms with Crippen LogP contribution in [0.15, 0.2) is 42.5 Å². The van der Waals surface area contributed by atoms with Crippen LogP contribution >= 0.6 is 0 Å². The van der Waals surface area contributed by atoms with E-state index in [2.05, 4.69) is 28.3 Å². The molecule has 0 amide bonds. The molecular formula is C15H17NO2. The maximum Gasteiger partial charge on any atom is 0.307 e. The van der Waals surface area contributed by atoms with Gasteiger partial charge in [0.1, 0.15) is 0 Å². The summed E-state index contributed by atoms with van der Waals surface area (Å²) < 4.78 is 4.67. The number of benzene rings is 2. The van der Waals surface area contributed by atoms with Crippen molar-refractivity contribution in [1.82, 2.24) is 0 Å². The number of methoxy groups -OCH3 is 1. The van der Waals surface area contributed by atoms with E-state index in [1.165, 1.54) is 12.5 Å². The first kappa shape index (κ1) is 12.4. The molecule has 0 saturated carbocycles. The number of hydrogen-bond acceptors (Lipinski definition) is 3. The van der Waals surface area contributed by atoms with Gasteiger partial charge in [-0.1, -0.05) is 36.4 Å². The molecule has 1 atom stereocenters. The van der Waals surface area contributed by atoms with Gasteiger partial charge in [-0.25, -0.2) is 0 Å². The lowest BCUT2D eigenvalue weighted by Gasteiger charge is -2.15. The van der Waals surface area contributed by atoms with Crippen molar-refractivity contribution in [3.8, 4) is 0 Å². The Labute approximate surface area is 107 Å². The second kappa shape index (κ2) is 5.54. The number of anilines is 1. The van der Waals surface area contributed by atoms with Crippen LogP contribution in [0.4, 0.5) is 5.69 Å². The monoisotopic (exact) mass is 243 g/mol. The highest BCUT2D eigenvalue weighted by Crippen LogP contribution is 2.23. The summed E-state index contributed by atoms with van der Waals surface area (Å²) in [5.74, 6) is -0.199. The van der Waals surface area contributed by atoms with Crippen molar-refractivity contribution in [3.63, 3.8) is 0 Å². The smallest absolute Gasteiger partial charge is 0.307 e. The number of esters is 1. The third kappa shape index (κ3) is 2.80. The molecule has 0 spiro atoms. The SMILES string of the molecule is COC(=O)CC(C)Nc1cccc2ccccc12. The fourth-order valence-corrected chi connectivity index (χ4v) is 2.00. The molecule has 3 heteroatoms. The minimum atomic E-state index is -0.199. The lowest BCUT2D eigenvalue weighted by molar-refractivity contribution is -0.140. The minimum Gasteiger partial charge on any atom is -0.469 e. The van der Waals surface area contributed by atoms with Gasteiger partial charge in [0.25, 0.3) is 0 Å². The van der Waals surface area contributed by atoms with Crippen LogP contribution in [-0.4, -0.2) is 19.1 Å². The van der Waals surface area contributed by atoms with Crippen LogP contribution < -0.4 is 5.32 Å². The Hall–Kier alpha value is -2.03. The molecule has 2 aromatic rings. The van der Waals surface area contributed by atoms with Crippen LogP contribution in [-0.2, 0) is 9.53 Å². The summed E-state index contributed by atoms with van der Waals surface area (Å²) in [6.45, 7) is 1.97. The van der Waals surface area contributed by atoms with Gasteiger partial charge in [-0.15, -0.1) is 0 Å². The lowest BCUT2D eigenvalue weighted by Crippen LogP contribution is -2.20. The molecule has 2 aromatic carbocycles. The highest BCUT2D eigenvalue weighted by atomic mass is 16.5. The molecule has 0 heterocycles. The zero-order valence-corrected chi connectivity index (χ0v) is 10.6. The van der Waals surface area contributed by atoms with Gasteiger partial charge >= 0.3 is 5.97 Å². The van der Waals surface area contributed by atoms with Gasteiger partial charge in [0.05, 0.1) is 13.5 Å². The molecule has 0 radical (unpaired) electrons. The fourth-order valence-electron chi connectivity index (χ4n) is 2.00. The molecule has 18 heavy (non-hydrogen) atoms. The van der Waals surface area contributed by atoms with Gasteiger partial charge in [0.2, 0.25) is 0 Å². The number of ether oxygens (including phenoxy) is 1. The summed E-state index contributed by atoms with van der Waals surface area (Å²) in [6.07, 6.45) is 0.361. The second-order valence-corrected chi connectivity index (χ2v) is 4.35. The van der Waals surface area contributed by atoms with Gasteiger partial charge in [0.15, 0.2) is 0 Å². The number of hydrogen-bond donors (Lipinski definition) is 1. The summed E-state index contributed by atoms with van der Waals surface area (Å²) in [7, 11) is 1.41. The van der Waals surface area contributed by atoms with E-state index in [1.54, 1.807) is 0 Å². The highest BCUT2D eigenvalue weighted by Gasteiger charge is 2.09. The van der Waals surface area contributed by atoms with Gasteiger partial charge in [-0.3, -0.25) is 4.79 Å². The van der Waals surface area contributed by atoms with E-state index in [0.29, 0.717) is 6.42 Å². The van der Waals surface area contributed by atoms with Gasteiger partial charge in [-0.2, -0.15) is 0 Å². The second-order valence-electron chi connectivity index (χ2n) is 4.35. The summed E-state index contributed by atoms with van der Waals surface area (Å²) in [5, 5.41) is 5.70. The topological polar surface area (TPSA) is 38.3 Å². The Morgan fingerprint density at radius 3 is 2.72 bits per heavy atom. The standard InChI is InChI=1S/C15H17NO2/c1-11(10-15(17)18-2)16-14-9-5-7-12-6-3-4-8-13(12)14/h3-9,11,16H,10H2,1-2H3. The van der Waals surface area contributed by atoms with E-state index in [-0.39, 0.29) is 12.0 Å². The fraction of sp³-hybridized carbons (Fsp3) is 0.267. The maximum absolute atomic E-state index is 11.2. The van der Waals surface area contributed by atoms with E-state index in [9.17, 15) is 4.79 Å². The molecule has 3 nitrogen and oxygen atoms in total. The number of rotatable bonds is 4. The van der Waals surface area contributed by atoms with Gasteiger partial charge in [0, 0.05) is 17.1 Å². The van der Waals surface area contributed by atoms with E-state index < -0.39 is 0 Å². The first-order chi connectivity index (χ1) is 8.70. The summed E-state index contributed by atoms with van der Waals surface area (Å²) in [6, 6.07) is 14.3. The Morgan fingerprint density at radius 1 is 1.22 bits per heavy atom. The van der Waals surface area contributed by atoms with Crippen LogP contribution in [0.1, 0.15) is 13.3 Å². The summed E-state index contributed by atoms with van der Waals surface area (Å²) in [5.41, 5.74) is 1.05. The first-order valence-corrected chi connectivity index (χ1v) is 6.02. The largest absolute Gasteiger partial charge is 0.469 e. The van der Waals surface area contributed by atoms with E-state index in [0.717, 1.165) is 11.1 Å². The average Bonchev–Trinajstić information content (AvgIpc) is 2.39. The van der Waals surface area contributed by atoms with E-state index in [4.69, 9.17) is 0 Å². The van der Waals surface area contributed by atoms with Gasteiger partial charge < -0.3 is 10.1 Å². The Morgan fingerprint density at radius 2 is 1.94 bits per heavy atom. The van der Waals surface area contributed by atoms with Crippen LogP contribution in [0.2, 0.25) is 0 Å². The summed E-state index contributed by atoms with van der Waals surface area (Å²) in [4.78, 5) is 11.2. The zero-order chi connectivity index (χ0) is 13.0. The van der Waals surface area contributed by atoms with Crippen LogP contribution in [0, 0.1) is 0 Å². The minimum absolute atomic E-state index is 0.0447. The van der Waals surface area contributed by atoms with E-state index >= 15 is 0 Å². The van der Waals surface area contributed by atoms with Crippen LogP contribution in [0.25, 0.3) is 10.8 Å². The quantitative estimate of drug-likeness (QED) is 0.838. The first-order valence-electron chi connectivity index (χ1n) is 6.02. The average molecular weight is 243 g/mol. The number of nitrogens with one attached hydrogen (secondary N) is 1. The lowest BCUT2D eigenvalue weighted by atomic mass is 10.1. The van der Waals surface area contributed by atoms with Crippen molar-refractivity contribution in [3.05, 3.63) is 42.5 Å². The molecule has 1 N–H and O–H groups in total. The predicted octanol–water partition coefficient (Wildman–Crippen LogP) is 3.20. The molecule has 0 bridgehead atoms. The van der Waals surface area contributed by atoms with Crippen molar-refractivity contribution in [1.29, 1.82) is 0 Å². The highest BCUT2D eigenvalue weighted by molar-refractivity contribution is 5.94. The number of carbonyl (C=O) groups excluding carboxylic acids is 1. The molecule has 0 fully saturated rings. The molecule has 94 valence electrons. The van der Waals surface area contributed by atoms with Crippen LogP contribution in [0.5, 0.6) is 0 Å². The van der Waals surface area contributed by atoms with Crippen molar-refractivity contribution in [2.24, 2.45) is 0 Å².